The van der Waals surface area contributed by atoms with Gasteiger partial charge in [-0.3, -0.25) is 14.9 Å². The summed E-state index contributed by atoms with van der Waals surface area (Å²) in [6.07, 6.45) is 0. The standard InChI is InChI=1S/C17H18N2O3/c1-11-6-4-5-7-15(11)13(3)18-17(20)14-9-8-12(2)16(10-14)19(21)22/h4-10,13H,1-3H3,(H,18,20). The fourth-order valence-corrected chi connectivity index (χ4v) is 2.38. The Hall–Kier alpha value is -2.69. The summed E-state index contributed by atoms with van der Waals surface area (Å²) < 4.78 is 0. The van der Waals surface area contributed by atoms with Gasteiger partial charge in [0, 0.05) is 17.2 Å². The zero-order chi connectivity index (χ0) is 16.3. The van der Waals surface area contributed by atoms with Crippen molar-refractivity contribution in [3.63, 3.8) is 0 Å². The van der Waals surface area contributed by atoms with Crippen molar-refractivity contribution >= 4 is 11.6 Å². The van der Waals surface area contributed by atoms with Crippen LogP contribution in [0.2, 0.25) is 0 Å². The summed E-state index contributed by atoms with van der Waals surface area (Å²) in [5.41, 5.74) is 2.89. The number of nitrogens with one attached hydrogen (secondary N) is 1. The van der Waals surface area contributed by atoms with Crippen molar-refractivity contribution in [1.29, 1.82) is 0 Å². The summed E-state index contributed by atoms with van der Waals surface area (Å²) in [7, 11) is 0. The molecule has 0 fully saturated rings. The molecular weight excluding hydrogens is 280 g/mol. The Balaban J connectivity index is 2.21. The summed E-state index contributed by atoms with van der Waals surface area (Å²) in [5, 5.41) is 13.8. The van der Waals surface area contributed by atoms with Gasteiger partial charge in [-0.05, 0) is 38.0 Å². The molecule has 0 saturated carbocycles. The van der Waals surface area contributed by atoms with Gasteiger partial charge in [0.05, 0.1) is 11.0 Å². The number of aryl methyl sites for hydroxylation is 2. The second-order valence-electron chi connectivity index (χ2n) is 5.31. The van der Waals surface area contributed by atoms with Crippen molar-refractivity contribution in [2.24, 2.45) is 0 Å². The normalized spacial score (nSPS) is 11.8. The lowest BCUT2D eigenvalue weighted by Crippen LogP contribution is -2.27. The molecule has 5 heteroatoms. The minimum Gasteiger partial charge on any atom is -0.346 e. The highest BCUT2D eigenvalue weighted by molar-refractivity contribution is 5.95. The van der Waals surface area contributed by atoms with Crippen LogP contribution in [-0.4, -0.2) is 10.8 Å². The third-order valence-corrected chi connectivity index (χ3v) is 3.67. The zero-order valence-electron chi connectivity index (χ0n) is 12.8. The molecule has 0 aliphatic rings. The molecule has 1 N–H and O–H groups in total. The van der Waals surface area contributed by atoms with Crippen LogP contribution in [0.3, 0.4) is 0 Å². The van der Waals surface area contributed by atoms with Crippen LogP contribution >= 0.6 is 0 Å². The minimum atomic E-state index is -0.475. The Morgan fingerprint density at radius 1 is 1.14 bits per heavy atom. The molecule has 0 radical (unpaired) electrons. The van der Waals surface area contributed by atoms with Gasteiger partial charge in [0.15, 0.2) is 0 Å². The Labute approximate surface area is 129 Å². The smallest absolute Gasteiger partial charge is 0.273 e. The Kier molecular flexibility index (Phi) is 4.56. The van der Waals surface area contributed by atoms with Crippen molar-refractivity contribution in [2.45, 2.75) is 26.8 Å². The molecule has 0 spiro atoms. The van der Waals surface area contributed by atoms with E-state index < -0.39 is 4.92 Å². The van der Waals surface area contributed by atoms with Gasteiger partial charge in [-0.2, -0.15) is 0 Å². The van der Waals surface area contributed by atoms with Crippen molar-refractivity contribution in [1.82, 2.24) is 5.32 Å². The minimum absolute atomic E-state index is 0.0452. The largest absolute Gasteiger partial charge is 0.346 e. The highest BCUT2D eigenvalue weighted by Crippen LogP contribution is 2.21. The van der Waals surface area contributed by atoms with Gasteiger partial charge in [-0.1, -0.05) is 30.3 Å². The first kappa shape index (κ1) is 15.7. The quantitative estimate of drug-likeness (QED) is 0.691. The van der Waals surface area contributed by atoms with Crippen LogP contribution < -0.4 is 5.32 Å². The first-order valence-corrected chi connectivity index (χ1v) is 7.01. The topological polar surface area (TPSA) is 72.2 Å². The molecule has 2 aromatic carbocycles. The number of rotatable bonds is 4. The lowest BCUT2D eigenvalue weighted by molar-refractivity contribution is -0.385. The maximum absolute atomic E-state index is 12.3. The van der Waals surface area contributed by atoms with Crippen molar-refractivity contribution in [3.8, 4) is 0 Å². The molecule has 1 unspecified atom stereocenters. The molecule has 114 valence electrons. The van der Waals surface area contributed by atoms with E-state index in [1.54, 1.807) is 19.1 Å². The zero-order valence-corrected chi connectivity index (χ0v) is 12.8. The number of nitro groups is 1. The Morgan fingerprint density at radius 3 is 2.45 bits per heavy atom. The summed E-state index contributed by atoms with van der Waals surface area (Å²) >= 11 is 0. The fraction of sp³-hybridized carbons (Fsp3) is 0.235. The van der Waals surface area contributed by atoms with E-state index in [1.165, 1.54) is 6.07 Å². The molecule has 2 rings (SSSR count). The molecule has 0 bridgehead atoms. The maximum atomic E-state index is 12.3. The Morgan fingerprint density at radius 2 is 1.82 bits per heavy atom. The number of nitro benzene ring substituents is 1. The van der Waals surface area contributed by atoms with Gasteiger partial charge < -0.3 is 5.32 Å². The molecule has 0 aliphatic carbocycles. The van der Waals surface area contributed by atoms with Gasteiger partial charge in [0.25, 0.3) is 11.6 Å². The highest BCUT2D eigenvalue weighted by Gasteiger charge is 2.17. The van der Waals surface area contributed by atoms with Crippen LogP contribution in [0.15, 0.2) is 42.5 Å². The van der Waals surface area contributed by atoms with Crippen LogP contribution in [0.1, 0.15) is 40.0 Å². The molecular formula is C17H18N2O3. The van der Waals surface area contributed by atoms with Crippen LogP contribution in [0.5, 0.6) is 0 Å². The third-order valence-electron chi connectivity index (χ3n) is 3.67. The van der Waals surface area contributed by atoms with Crippen LogP contribution in [0.25, 0.3) is 0 Å². The lowest BCUT2D eigenvalue weighted by Gasteiger charge is -2.16. The molecule has 0 aliphatic heterocycles. The monoisotopic (exact) mass is 298 g/mol. The first-order valence-electron chi connectivity index (χ1n) is 7.01. The molecule has 1 atom stereocenters. The predicted octanol–water partition coefficient (Wildman–Crippen LogP) is 3.70. The Bertz CT molecular complexity index is 726. The SMILES string of the molecule is Cc1ccccc1C(C)NC(=O)c1ccc(C)c([N+](=O)[O-])c1. The van der Waals surface area contributed by atoms with Crippen LogP contribution in [0, 0.1) is 24.0 Å². The maximum Gasteiger partial charge on any atom is 0.273 e. The second kappa shape index (κ2) is 6.39. The van der Waals surface area contributed by atoms with E-state index in [0.29, 0.717) is 5.56 Å². The molecule has 2 aromatic rings. The summed E-state index contributed by atoms with van der Waals surface area (Å²) in [6.45, 7) is 5.52. The number of nitrogens with zero attached hydrogens (tertiary/aromatic N) is 1. The van der Waals surface area contributed by atoms with Crippen LogP contribution in [-0.2, 0) is 0 Å². The number of benzene rings is 2. The van der Waals surface area contributed by atoms with Gasteiger partial charge in [0.2, 0.25) is 0 Å². The van der Waals surface area contributed by atoms with Gasteiger partial charge in [-0.25, -0.2) is 0 Å². The van der Waals surface area contributed by atoms with E-state index in [-0.39, 0.29) is 23.2 Å². The van der Waals surface area contributed by atoms with E-state index >= 15 is 0 Å². The van der Waals surface area contributed by atoms with Crippen molar-refractivity contribution in [2.75, 3.05) is 0 Å². The van der Waals surface area contributed by atoms with Crippen molar-refractivity contribution in [3.05, 3.63) is 74.8 Å². The second-order valence-corrected chi connectivity index (χ2v) is 5.31. The van der Waals surface area contributed by atoms with E-state index in [9.17, 15) is 14.9 Å². The van der Waals surface area contributed by atoms with Gasteiger partial charge in [0.1, 0.15) is 0 Å². The molecule has 0 aromatic heterocycles. The number of hydrogen-bond acceptors (Lipinski definition) is 3. The molecule has 0 heterocycles. The number of carbonyl (C=O) groups excluding carboxylic acids is 1. The number of hydrogen-bond donors (Lipinski definition) is 1. The van der Waals surface area contributed by atoms with Crippen molar-refractivity contribution < 1.29 is 9.72 Å². The molecule has 0 saturated heterocycles. The van der Waals surface area contributed by atoms with E-state index in [2.05, 4.69) is 5.32 Å². The summed E-state index contributed by atoms with van der Waals surface area (Å²) in [6, 6.07) is 12.1. The summed E-state index contributed by atoms with van der Waals surface area (Å²) in [4.78, 5) is 22.8. The predicted molar refractivity (Wildman–Crippen MR) is 84.9 cm³/mol. The van der Waals surface area contributed by atoms with E-state index in [0.717, 1.165) is 11.1 Å². The fourth-order valence-electron chi connectivity index (χ4n) is 2.38. The lowest BCUT2D eigenvalue weighted by atomic mass is 10.0. The van der Waals surface area contributed by atoms with Gasteiger partial charge in [-0.15, -0.1) is 0 Å². The average molecular weight is 298 g/mol. The average Bonchev–Trinajstić information content (AvgIpc) is 2.47. The van der Waals surface area contributed by atoms with E-state index in [1.807, 2.05) is 38.1 Å². The number of carbonyl (C=O) groups is 1. The van der Waals surface area contributed by atoms with Gasteiger partial charge >= 0.3 is 0 Å². The highest BCUT2D eigenvalue weighted by atomic mass is 16.6. The van der Waals surface area contributed by atoms with Crippen LogP contribution in [0.4, 0.5) is 5.69 Å². The summed E-state index contributed by atoms with van der Waals surface area (Å²) in [5.74, 6) is -0.321. The third kappa shape index (κ3) is 3.31. The molecule has 5 nitrogen and oxygen atoms in total. The molecule has 22 heavy (non-hydrogen) atoms. The van der Waals surface area contributed by atoms with E-state index in [4.69, 9.17) is 0 Å². The first-order chi connectivity index (χ1) is 10.4. The number of amides is 1. The molecule has 1 amide bonds.